The molecule has 0 saturated heterocycles. The largest absolute Gasteiger partial charge is 0.395 e. The topological polar surface area (TPSA) is 23.5 Å². The Hall–Kier alpha value is -1.80. The molecule has 1 heterocycles. The number of aliphatic hydroxyl groups excluding tert-OH is 1. The predicted octanol–water partition coefficient (Wildman–Crippen LogP) is 3.06. The van der Waals surface area contributed by atoms with Gasteiger partial charge in [0.2, 0.25) is 0 Å². The molecule has 2 heteroatoms. The van der Waals surface area contributed by atoms with E-state index in [0.29, 0.717) is 6.54 Å². The van der Waals surface area contributed by atoms with Crippen molar-refractivity contribution in [2.75, 3.05) is 24.6 Å². The summed E-state index contributed by atoms with van der Waals surface area (Å²) < 4.78 is 0. The molecule has 18 heavy (non-hydrogen) atoms. The van der Waals surface area contributed by atoms with Gasteiger partial charge >= 0.3 is 0 Å². The highest BCUT2D eigenvalue weighted by Crippen LogP contribution is 2.36. The van der Waals surface area contributed by atoms with Gasteiger partial charge in [0.05, 0.1) is 6.61 Å². The third-order valence-corrected chi connectivity index (χ3v) is 3.63. The lowest BCUT2D eigenvalue weighted by atomic mass is 9.94. The highest BCUT2D eigenvalue weighted by molar-refractivity contribution is 6.00. The number of anilines is 1. The molecule has 0 fully saturated rings. The Morgan fingerprint density at radius 1 is 1.17 bits per heavy atom. The molecular formula is C16H17NO. The minimum atomic E-state index is 0.194. The van der Waals surface area contributed by atoms with Gasteiger partial charge in [-0.25, -0.2) is 0 Å². The Kier molecular flexibility index (Phi) is 2.80. The van der Waals surface area contributed by atoms with Crippen molar-refractivity contribution in [3.8, 4) is 0 Å². The van der Waals surface area contributed by atoms with E-state index >= 15 is 0 Å². The van der Waals surface area contributed by atoms with Crippen molar-refractivity contribution in [3.05, 3.63) is 48.0 Å². The van der Waals surface area contributed by atoms with Crippen LogP contribution in [0.5, 0.6) is 0 Å². The molecule has 0 bridgehead atoms. The van der Waals surface area contributed by atoms with Crippen LogP contribution >= 0.6 is 0 Å². The fraction of sp³-hybridized carbons (Fsp3) is 0.250. The Bertz CT molecular complexity index is 616. The minimum absolute atomic E-state index is 0.194. The van der Waals surface area contributed by atoms with Crippen LogP contribution in [-0.2, 0) is 0 Å². The van der Waals surface area contributed by atoms with E-state index < -0.39 is 0 Å². The zero-order valence-electron chi connectivity index (χ0n) is 10.6. The van der Waals surface area contributed by atoms with Crippen molar-refractivity contribution in [1.29, 1.82) is 0 Å². The van der Waals surface area contributed by atoms with Crippen molar-refractivity contribution in [2.24, 2.45) is 0 Å². The first-order valence-electron chi connectivity index (χ1n) is 6.36. The number of fused-ring (bicyclic) bond motifs is 3. The predicted molar refractivity (Wildman–Crippen MR) is 76.9 cm³/mol. The maximum Gasteiger partial charge on any atom is 0.0606 e. The van der Waals surface area contributed by atoms with Gasteiger partial charge in [0.25, 0.3) is 0 Å². The normalized spacial score (nSPS) is 14.6. The fourth-order valence-electron chi connectivity index (χ4n) is 2.72. The molecule has 2 nitrogen and oxygen atoms in total. The summed E-state index contributed by atoms with van der Waals surface area (Å²) >= 11 is 0. The first kappa shape index (κ1) is 11.3. The van der Waals surface area contributed by atoms with Gasteiger partial charge in [-0.05, 0) is 29.3 Å². The Morgan fingerprint density at radius 2 is 2.00 bits per heavy atom. The Morgan fingerprint density at radius 3 is 2.83 bits per heavy atom. The SMILES string of the molecule is CC1=CCN(CCO)c2ccc3ccccc3c21. The van der Waals surface area contributed by atoms with Crippen LogP contribution in [0.25, 0.3) is 16.3 Å². The standard InChI is InChI=1S/C16H17NO/c1-12-8-9-17(10-11-18)15-7-6-13-4-2-3-5-14(13)16(12)15/h2-8,18H,9-11H2,1H3. The highest BCUT2D eigenvalue weighted by Gasteiger charge is 2.18. The van der Waals surface area contributed by atoms with E-state index in [-0.39, 0.29) is 6.61 Å². The van der Waals surface area contributed by atoms with Crippen molar-refractivity contribution in [3.63, 3.8) is 0 Å². The minimum Gasteiger partial charge on any atom is -0.395 e. The van der Waals surface area contributed by atoms with E-state index in [1.54, 1.807) is 0 Å². The number of nitrogens with zero attached hydrogens (tertiary/aromatic N) is 1. The number of rotatable bonds is 2. The van der Waals surface area contributed by atoms with Crippen molar-refractivity contribution < 1.29 is 5.11 Å². The Balaban J connectivity index is 2.25. The maximum absolute atomic E-state index is 9.16. The van der Waals surface area contributed by atoms with Gasteiger partial charge < -0.3 is 10.0 Å². The summed E-state index contributed by atoms with van der Waals surface area (Å²) in [4.78, 5) is 2.23. The van der Waals surface area contributed by atoms with E-state index in [2.05, 4.69) is 54.3 Å². The average molecular weight is 239 g/mol. The highest BCUT2D eigenvalue weighted by atomic mass is 16.3. The molecule has 2 aromatic carbocycles. The van der Waals surface area contributed by atoms with Crippen molar-refractivity contribution >= 4 is 22.0 Å². The second-order valence-electron chi connectivity index (χ2n) is 4.74. The van der Waals surface area contributed by atoms with Gasteiger partial charge in [-0.1, -0.05) is 36.4 Å². The van der Waals surface area contributed by atoms with Crippen LogP contribution in [0.1, 0.15) is 12.5 Å². The lowest BCUT2D eigenvalue weighted by Crippen LogP contribution is -2.29. The number of aliphatic hydroxyl groups is 1. The van der Waals surface area contributed by atoms with Gasteiger partial charge in [0.1, 0.15) is 0 Å². The molecule has 0 saturated carbocycles. The van der Waals surface area contributed by atoms with Gasteiger partial charge in [-0.15, -0.1) is 0 Å². The quantitative estimate of drug-likeness (QED) is 0.870. The summed E-state index contributed by atoms with van der Waals surface area (Å²) in [6, 6.07) is 12.8. The fourth-order valence-corrected chi connectivity index (χ4v) is 2.72. The molecule has 0 radical (unpaired) electrons. The average Bonchev–Trinajstić information content (AvgIpc) is 2.41. The molecule has 1 aliphatic rings. The monoisotopic (exact) mass is 239 g/mol. The molecule has 1 aliphatic heterocycles. The van der Waals surface area contributed by atoms with Crippen LogP contribution in [0.2, 0.25) is 0 Å². The second kappa shape index (κ2) is 4.46. The van der Waals surface area contributed by atoms with Gasteiger partial charge in [0.15, 0.2) is 0 Å². The molecule has 0 spiro atoms. The molecule has 92 valence electrons. The maximum atomic E-state index is 9.16. The first-order chi connectivity index (χ1) is 8.81. The molecule has 2 aromatic rings. The summed E-state index contributed by atoms with van der Waals surface area (Å²) in [5, 5.41) is 11.7. The van der Waals surface area contributed by atoms with E-state index in [0.717, 1.165) is 6.54 Å². The molecule has 3 rings (SSSR count). The van der Waals surface area contributed by atoms with Crippen molar-refractivity contribution in [1.82, 2.24) is 0 Å². The molecule has 0 amide bonds. The Labute approximate surface area is 107 Å². The first-order valence-corrected chi connectivity index (χ1v) is 6.36. The number of hydrogen-bond donors (Lipinski definition) is 1. The van der Waals surface area contributed by atoms with E-state index in [1.165, 1.54) is 27.6 Å². The molecule has 1 N–H and O–H groups in total. The van der Waals surface area contributed by atoms with E-state index in [4.69, 9.17) is 5.11 Å². The summed E-state index contributed by atoms with van der Waals surface area (Å²) in [5.74, 6) is 0. The number of β-amino-alcohol motifs (C(OH)–C–C–N with tert-alkyl or cyclic N) is 1. The van der Waals surface area contributed by atoms with Crippen LogP contribution < -0.4 is 4.90 Å². The van der Waals surface area contributed by atoms with Crippen LogP contribution in [0.15, 0.2) is 42.5 Å². The number of hydrogen-bond acceptors (Lipinski definition) is 2. The molecule has 0 atom stereocenters. The zero-order valence-corrected chi connectivity index (χ0v) is 10.6. The van der Waals surface area contributed by atoms with Gasteiger partial charge in [-0.3, -0.25) is 0 Å². The number of benzene rings is 2. The molecular weight excluding hydrogens is 222 g/mol. The van der Waals surface area contributed by atoms with Gasteiger partial charge in [-0.2, -0.15) is 0 Å². The van der Waals surface area contributed by atoms with Gasteiger partial charge in [0, 0.05) is 24.3 Å². The van der Waals surface area contributed by atoms with Crippen molar-refractivity contribution in [2.45, 2.75) is 6.92 Å². The lowest BCUT2D eigenvalue weighted by molar-refractivity contribution is 0.303. The molecule has 0 unspecified atom stereocenters. The third kappa shape index (κ3) is 1.70. The smallest absolute Gasteiger partial charge is 0.0606 e. The molecule has 0 aliphatic carbocycles. The number of allylic oxidation sites excluding steroid dienone is 1. The van der Waals surface area contributed by atoms with Crippen LogP contribution in [0, 0.1) is 0 Å². The second-order valence-corrected chi connectivity index (χ2v) is 4.74. The summed E-state index contributed by atoms with van der Waals surface area (Å²) in [7, 11) is 0. The summed E-state index contributed by atoms with van der Waals surface area (Å²) in [5.41, 5.74) is 3.88. The van der Waals surface area contributed by atoms with E-state index in [9.17, 15) is 0 Å². The summed E-state index contributed by atoms with van der Waals surface area (Å²) in [6.07, 6.45) is 2.24. The lowest BCUT2D eigenvalue weighted by Gasteiger charge is -2.30. The summed E-state index contributed by atoms with van der Waals surface area (Å²) in [6.45, 7) is 3.94. The van der Waals surface area contributed by atoms with Crippen LogP contribution in [0.4, 0.5) is 5.69 Å². The van der Waals surface area contributed by atoms with E-state index in [1.807, 2.05) is 0 Å². The molecule has 0 aromatic heterocycles. The van der Waals surface area contributed by atoms with Crippen LogP contribution in [0.3, 0.4) is 0 Å². The third-order valence-electron chi connectivity index (χ3n) is 3.63. The van der Waals surface area contributed by atoms with Crippen LogP contribution in [-0.4, -0.2) is 24.8 Å². The zero-order chi connectivity index (χ0) is 12.5.